The molecule has 3 nitrogen and oxygen atoms in total. The Morgan fingerprint density at radius 2 is 1.71 bits per heavy atom. The number of benzene rings is 2. The molecule has 24 heavy (non-hydrogen) atoms. The van der Waals surface area contributed by atoms with Gasteiger partial charge in [-0.3, -0.25) is 15.6 Å². The van der Waals surface area contributed by atoms with Crippen LogP contribution in [-0.4, -0.2) is 5.91 Å². The average molecular weight is 371 g/mol. The van der Waals surface area contributed by atoms with Crippen molar-refractivity contribution in [3.05, 3.63) is 64.0 Å². The zero-order valence-electron chi connectivity index (χ0n) is 11.9. The van der Waals surface area contributed by atoms with E-state index in [1.54, 1.807) is 12.1 Å². The number of hydrogen-bond donors (Lipinski definition) is 2. The van der Waals surface area contributed by atoms with Crippen molar-refractivity contribution in [2.24, 2.45) is 0 Å². The van der Waals surface area contributed by atoms with Gasteiger partial charge in [-0.25, -0.2) is 0 Å². The van der Waals surface area contributed by atoms with E-state index in [1.807, 2.05) is 12.1 Å². The molecule has 0 aliphatic carbocycles. The number of thiophene rings is 1. The Labute approximate surface area is 144 Å². The van der Waals surface area contributed by atoms with Gasteiger partial charge >= 0.3 is 6.18 Å². The van der Waals surface area contributed by atoms with Crippen molar-refractivity contribution in [1.29, 1.82) is 0 Å². The van der Waals surface area contributed by atoms with Crippen LogP contribution in [-0.2, 0) is 6.18 Å². The molecule has 1 heterocycles. The molecule has 1 aromatic heterocycles. The first-order valence-corrected chi connectivity index (χ1v) is 7.97. The fourth-order valence-electron chi connectivity index (χ4n) is 2.18. The average Bonchev–Trinajstić information content (AvgIpc) is 2.89. The standard InChI is InChI=1S/C16H10ClF3N2OS/c17-13-9-5-1-4-8-12(9)24-14(13)15(23)22-21-11-7-3-2-6-10(11)16(18,19)20/h1-8,21H,(H,22,23). The highest BCUT2D eigenvalue weighted by Gasteiger charge is 2.33. The first-order valence-electron chi connectivity index (χ1n) is 6.77. The molecule has 0 saturated heterocycles. The number of hydrogen-bond acceptors (Lipinski definition) is 3. The second-order valence-electron chi connectivity index (χ2n) is 4.86. The summed E-state index contributed by atoms with van der Waals surface area (Å²) in [4.78, 5) is 12.5. The molecule has 3 rings (SSSR count). The smallest absolute Gasteiger partial charge is 0.298 e. The number of hydrazine groups is 1. The monoisotopic (exact) mass is 370 g/mol. The largest absolute Gasteiger partial charge is 0.418 e. The molecule has 2 aromatic carbocycles. The highest BCUT2D eigenvalue weighted by atomic mass is 35.5. The molecule has 0 atom stereocenters. The minimum atomic E-state index is -4.52. The summed E-state index contributed by atoms with van der Waals surface area (Å²) in [5, 5.41) is 1.00. The van der Waals surface area contributed by atoms with Crippen molar-refractivity contribution in [3.63, 3.8) is 0 Å². The van der Waals surface area contributed by atoms with E-state index in [4.69, 9.17) is 11.6 Å². The number of carbonyl (C=O) groups is 1. The Bertz CT molecular complexity index is 908. The fraction of sp³-hybridized carbons (Fsp3) is 0.0625. The van der Waals surface area contributed by atoms with Crippen LogP contribution >= 0.6 is 22.9 Å². The summed E-state index contributed by atoms with van der Waals surface area (Å²) in [7, 11) is 0. The Morgan fingerprint density at radius 3 is 2.42 bits per heavy atom. The van der Waals surface area contributed by atoms with Gasteiger partial charge in [-0.15, -0.1) is 11.3 Å². The van der Waals surface area contributed by atoms with Crippen LogP contribution in [0.3, 0.4) is 0 Å². The third kappa shape index (κ3) is 3.18. The topological polar surface area (TPSA) is 41.1 Å². The van der Waals surface area contributed by atoms with Crippen molar-refractivity contribution in [2.45, 2.75) is 6.18 Å². The Balaban J connectivity index is 1.82. The quantitative estimate of drug-likeness (QED) is 0.612. The lowest BCUT2D eigenvalue weighted by Crippen LogP contribution is -2.30. The molecule has 0 saturated carbocycles. The van der Waals surface area contributed by atoms with Gasteiger partial charge in [-0.1, -0.05) is 41.9 Å². The van der Waals surface area contributed by atoms with Gasteiger partial charge in [0.2, 0.25) is 0 Å². The third-order valence-electron chi connectivity index (χ3n) is 3.28. The number of carbonyl (C=O) groups excluding carboxylic acids is 1. The summed E-state index contributed by atoms with van der Waals surface area (Å²) in [6, 6.07) is 12.1. The molecule has 8 heteroatoms. The lowest BCUT2D eigenvalue weighted by Gasteiger charge is -2.14. The molecule has 0 spiro atoms. The van der Waals surface area contributed by atoms with Gasteiger partial charge in [-0.2, -0.15) is 13.2 Å². The van der Waals surface area contributed by atoms with Gasteiger partial charge in [0.1, 0.15) is 4.88 Å². The van der Waals surface area contributed by atoms with E-state index >= 15 is 0 Å². The van der Waals surface area contributed by atoms with Gasteiger partial charge in [-0.05, 0) is 18.2 Å². The first kappa shape index (κ1) is 16.6. The van der Waals surface area contributed by atoms with E-state index in [2.05, 4.69) is 10.9 Å². The highest BCUT2D eigenvalue weighted by molar-refractivity contribution is 7.21. The van der Waals surface area contributed by atoms with Crippen LogP contribution in [0.2, 0.25) is 5.02 Å². The van der Waals surface area contributed by atoms with Crippen molar-refractivity contribution < 1.29 is 18.0 Å². The van der Waals surface area contributed by atoms with Crippen molar-refractivity contribution in [1.82, 2.24) is 5.43 Å². The number of amides is 1. The van der Waals surface area contributed by atoms with Crippen LogP contribution in [0, 0.1) is 0 Å². The molecule has 0 radical (unpaired) electrons. The zero-order valence-corrected chi connectivity index (χ0v) is 13.5. The second-order valence-corrected chi connectivity index (χ2v) is 6.29. The van der Waals surface area contributed by atoms with E-state index in [-0.39, 0.29) is 15.6 Å². The van der Waals surface area contributed by atoms with E-state index in [0.29, 0.717) is 0 Å². The van der Waals surface area contributed by atoms with E-state index in [1.165, 1.54) is 29.5 Å². The highest BCUT2D eigenvalue weighted by Crippen LogP contribution is 2.36. The number of anilines is 1. The van der Waals surface area contributed by atoms with Gasteiger partial charge in [0.15, 0.2) is 0 Å². The summed E-state index contributed by atoms with van der Waals surface area (Å²) in [5.41, 5.74) is 3.48. The Kier molecular flexibility index (Phi) is 4.38. The molecule has 0 aliphatic heterocycles. The van der Waals surface area contributed by atoms with Gasteiger partial charge in [0.25, 0.3) is 5.91 Å². The summed E-state index contributed by atoms with van der Waals surface area (Å²) < 4.78 is 39.6. The number of nitrogens with one attached hydrogen (secondary N) is 2. The van der Waals surface area contributed by atoms with Gasteiger partial charge in [0.05, 0.1) is 16.3 Å². The molecule has 0 fully saturated rings. The minimum Gasteiger partial charge on any atom is -0.298 e. The van der Waals surface area contributed by atoms with E-state index < -0.39 is 17.6 Å². The molecule has 0 aliphatic rings. The molecule has 0 bridgehead atoms. The second kappa shape index (κ2) is 6.33. The summed E-state index contributed by atoms with van der Waals surface area (Å²) >= 11 is 7.35. The van der Waals surface area contributed by atoms with Gasteiger partial charge < -0.3 is 0 Å². The van der Waals surface area contributed by atoms with Crippen LogP contribution in [0.1, 0.15) is 15.2 Å². The van der Waals surface area contributed by atoms with Crippen molar-refractivity contribution in [2.75, 3.05) is 5.43 Å². The van der Waals surface area contributed by atoms with Crippen molar-refractivity contribution >= 4 is 44.6 Å². The maximum atomic E-state index is 12.9. The maximum Gasteiger partial charge on any atom is 0.418 e. The SMILES string of the molecule is O=C(NNc1ccccc1C(F)(F)F)c1sc2ccccc2c1Cl. The maximum absolute atomic E-state index is 12.9. The number of fused-ring (bicyclic) bond motifs is 1. The van der Waals surface area contributed by atoms with Gasteiger partial charge in [0, 0.05) is 10.1 Å². The fourth-order valence-corrected chi connectivity index (χ4v) is 3.59. The van der Waals surface area contributed by atoms with Crippen LogP contribution in [0.15, 0.2) is 48.5 Å². The normalized spacial score (nSPS) is 11.5. The van der Waals surface area contributed by atoms with E-state index in [0.717, 1.165) is 16.2 Å². The van der Waals surface area contributed by atoms with Crippen LogP contribution in [0.25, 0.3) is 10.1 Å². The minimum absolute atomic E-state index is 0.231. The summed E-state index contributed by atoms with van der Waals surface area (Å²) in [5.74, 6) is -0.599. The van der Waals surface area contributed by atoms with Crippen LogP contribution < -0.4 is 10.9 Å². The molecule has 1 amide bonds. The zero-order chi connectivity index (χ0) is 17.3. The number of rotatable bonds is 3. The third-order valence-corrected chi connectivity index (χ3v) is 4.96. The summed E-state index contributed by atoms with van der Waals surface area (Å²) in [6.07, 6.45) is -4.52. The van der Waals surface area contributed by atoms with Crippen LogP contribution in [0.4, 0.5) is 18.9 Å². The predicted octanol–water partition coefficient (Wildman–Crippen LogP) is 5.33. The van der Waals surface area contributed by atoms with Crippen molar-refractivity contribution in [3.8, 4) is 0 Å². The molecular formula is C16H10ClF3N2OS. The molecule has 0 unspecified atom stereocenters. The lowest BCUT2D eigenvalue weighted by atomic mass is 10.2. The molecule has 3 aromatic rings. The number of para-hydroxylation sites is 1. The van der Waals surface area contributed by atoms with Crippen LogP contribution in [0.5, 0.6) is 0 Å². The molecule has 124 valence electrons. The Morgan fingerprint density at radius 1 is 1.04 bits per heavy atom. The van der Waals surface area contributed by atoms with E-state index in [9.17, 15) is 18.0 Å². The number of alkyl halides is 3. The lowest BCUT2D eigenvalue weighted by molar-refractivity contribution is -0.137. The first-order chi connectivity index (χ1) is 11.4. The molecular weight excluding hydrogens is 361 g/mol. The Hall–Kier alpha value is -2.25. The summed E-state index contributed by atoms with van der Waals surface area (Å²) in [6.45, 7) is 0. The molecule has 2 N–H and O–H groups in total. The number of halogens is 4. The predicted molar refractivity (Wildman–Crippen MR) is 89.4 cm³/mol.